The average Bonchev–Trinajstić information content (AvgIpc) is 3.79. The van der Waals surface area contributed by atoms with Crippen LogP contribution in [0.3, 0.4) is 0 Å². The van der Waals surface area contributed by atoms with Crippen LogP contribution in [0.15, 0.2) is 120 Å². The summed E-state index contributed by atoms with van der Waals surface area (Å²) in [5.41, 5.74) is 0.0325. The summed E-state index contributed by atoms with van der Waals surface area (Å²) in [6, 6.07) is 32.5. The maximum Gasteiger partial charge on any atom is 0.368 e. The first-order valence-electron chi connectivity index (χ1n) is 18.1. The molecule has 6 aromatic rings. The third-order valence-corrected chi connectivity index (χ3v) is 10.4. The normalized spacial score (nSPS) is 18.7. The number of para-hydroxylation sites is 1. The molecule has 14 nitrogen and oxygen atoms in total. The van der Waals surface area contributed by atoms with E-state index in [9.17, 15) is 14.2 Å². The minimum atomic E-state index is -3.39. The Morgan fingerprint density at radius 3 is 2.05 bits per heavy atom. The SMILES string of the molecule is COc1ccc(C(OC[C@H]2O[C@@H](n3cnc4c(=O)[nH]c(NC(=O)C(C)C)nc43)[C@H](O[PH](=O)Oc3ccccc3)[C@@H]2F)(c2ccccc2)c2ccc(OC)cc2)cc1. The molecule has 16 heteroatoms. The van der Waals surface area contributed by atoms with Crippen LogP contribution in [0.1, 0.15) is 36.8 Å². The summed E-state index contributed by atoms with van der Waals surface area (Å²) in [6.45, 7) is 3.02. The predicted octanol–water partition coefficient (Wildman–Crippen LogP) is 6.83. The fraction of sp³-hybridized carbons (Fsp3) is 0.268. The molecule has 0 spiro atoms. The Kier molecular flexibility index (Phi) is 11.8. The number of carbonyl (C=O) groups excluding carboxylic acids is 1. The molecule has 1 unspecified atom stereocenters. The van der Waals surface area contributed by atoms with Crippen molar-refractivity contribution in [3.8, 4) is 17.2 Å². The monoisotopic (exact) mass is 797 g/mol. The molecule has 296 valence electrons. The number of alkyl halides is 1. The first-order chi connectivity index (χ1) is 27.6. The van der Waals surface area contributed by atoms with E-state index in [-0.39, 0.29) is 29.5 Å². The van der Waals surface area contributed by atoms with Gasteiger partial charge in [0.05, 0.1) is 27.2 Å². The van der Waals surface area contributed by atoms with Gasteiger partial charge in [-0.15, -0.1) is 0 Å². The molecule has 1 amide bonds. The molecule has 7 rings (SSSR count). The van der Waals surface area contributed by atoms with Crippen LogP contribution in [-0.2, 0) is 29.0 Å². The molecule has 1 aliphatic heterocycles. The number of fused-ring (bicyclic) bond motifs is 1. The number of aromatic amines is 1. The summed E-state index contributed by atoms with van der Waals surface area (Å²) in [5, 5.41) is 2.57. The Morgan fingerprint density at radius 1 is 0.895 bits per heavy atom. The van der Waals surface area contributed by atoms with Gasteiger partial charge in [-0.05, 0) is 53.1 Å². The number of ether oxygens (including phenoxy) is 4. The van der Waals surface area contributed by atoms with Gasteiger partial charge in [0.15, 0.2) is 23.6 Å². The van der Waals surface area contributed by atoms with Crippen molar-refractivity contribution >= 4 is 31.3 Å². The number of methoxy groups -OCH3 is 2. The summed E-state index contributed by atoms with van der Waals surface area (Å²) in [7, 11) is -0.247. The molecule has 57 heavy (non-hydrogen) atoms. The molecule has 0 aliphatic carbocycles. The number of hydrogen-bond donors (Lipinski definition) is 2. The Bertz CT molecular complexity index is 2330. The highest BCUT2D eigenvalue weighted by Gasteiger charge is 2.50. The molecule has 5 atom stereocenters. The van der Waals surface area contributed by atoms with Crippen molar-refractivity contribution in [2.24, 2.45) is 5.92 Å². The Hall–Kier alpha value is -5.86. The maximum absolute atomic E-state index is 17.1. The van der Waals surface area contributed by atoms with Gasteiger partial charge in [-0.1, -0.05) is 86.6 Å². The van der Waals surface area contributed by atoms with Gasteiger partial charge in [0.1, 0.15) is 35.1 Å². The number of anilines is 1. The summed E-state index contributed by atoms with van der Waals surface area (Å²) >= 11 is 0. The number of hydrogen-bond acceptors (Lipinski definition) is 11. The van der Waals surface area contributed by atoms with E-state index in [1.807, 2.05) is 78.9 Å². The van der Waals surface area contributed by atoms with Crippen molar-refractivity contribution in [1.82, 2.24) is 19.5 Å². The number of halogens is 1. The van der Waals surface area contributed by atoms with E-state index in [0.717, 1.165) is 5.56 Å². The lowest BCUT2D eigenvalue weighted by Crippen LogP contribution is -2.38. The second-order valence-corrected chi connectivity index (χ2v) is 14.4. The second kappa shape index (κ2) is 17.1. The van der Waals surface area contributed by atoms with Crippen molar-refractivity contribution in [1.29, 1.82) is 0 Å². The fourth-order valence-electron chi connectivity index (χ4n) is 6.61. The zero-order valence-corrected chi connectivity index (χ0v) is 32.5. The van der Waals surface area contributed by atoms with Crippen molar-refractivity contribution < 1.29 is 41.7 Å². The van der Waals surface area contributed by atoms with E-state index in [4.69, 9.17) is 28.0 Å². The molecule has 0 radical (unpaired) electrons. The van der Waals surface area contributed by atoms with E-state index < -0.39 is 55.8 Å². The predicted molar refractivity (Wildman–Crippen MR) is 210 cm³/mol. The number of nitrogens with one attached hydrogen (secondary N) is 2. The van der Waals surface area contributed by atoms with Crippen LogP contribution in [0.2, 0.25) is 0 Å². The lowest BCUT2D eigenvalue weighted by Gasteiger charge is -2.37. The number of amides is 1. The summed E-state index contributed by atoms with van der Waals surface area (Å²) in [6.07, 6.45) is -4.97. The van der Waals surface area contributed by atoms with Gasteiger partial charge in [0, 0.05) is 5.92 Å². The van der Waals surface area contributed by atoms with E-state index >= 15 is 4.39 Å². The van der Waals surface area contributed by atoms with Gasteiger partial charge in [0.2, 0.25) is 11.9 Å². The standard InChI is InChI=1S/C41H41FN5O9P/c1-25(2)37(48)45-40-44-36-34(38(49)46-40)43-24-47(36)39-35(56-57(50)55-31-13-9-6-10-14-31)33(42)32(54-39)23-53-41(26-11-7-5-8-12-26,27-15-19-29(51-3)20-16-27)28-17-21-30(52-4)22-18-28/h5-22,24-25,32-33,35,39,57H,23H2,1-4H3,(H2,44,45,46,48,49)/t32-,33-,35-,39-/m1/s1. The third kappa shape index (κ3) is 8.19. The molecule has 2 N–H and O–H groups in total. The number of H-pyrrole nitrogens is 1. The molecule has 3 heterocycles. The first kappa shape index (κ1) is 39.4. The molecule has 1 fully saturated rings. The van der Waals surface area contributed by atoms with Crippen LogP contribution in [0.25, 0.3) is 11.2 Å². The Morgan fingerprint density at radius 2 is 1.47 bits per heavy atom. The van der Waals surface area contributed by atoms with E-state index in [1.54, 1.807) is 58.4 Å². The number of aromatic nitrogens is 4. The topological polar surface area (TPSA) is 165 Å². The molecular formula is C41H41FN5O9P. The van der Waals surface area contributed by atoms with Gasteiger partial charge in [-0.3, -0.25) is 29.0 Å². The molecule has 2 aromatic heterocycles. The molecule has 1 saturated heterocycles. The summed E-state index contributed by atoms with van der Waals surface area (Å²) in [4.78, 5) is 36.8. The van der Waals surface area contributed by atoms with Crippen LogP contribution in [0, 0.1) is 5.92 Å². The number of nitrogens with zero attached hydrogens (tertiary/aromatic N) is 3. The highest BCUT2D eigenvalue weighted by atomic mass is 31.1. The third-order valence-electron chi connectivity index (χ3n) is 9.55. The number of imidazole rings is 1. The largest absolute Gasteiger partial charge is 0.497 e. The lowest BCUT2D eigenvalue weighted by molar-refractivity contribution is -0.118. The molecular weight excluding hydrogens is 756 g/mol. The molecule has 0 saturated carbocycles. The van der Waals surface area contributed by atoms with Gasteiger partial charge in [-0.2, -0.15) is 4.98 Å². The zero-order valence-electron chi connectivity index (χ0n) is 31.5. The average molecular weight is 798 g/mol. The van der Waals surface area contributed by atoms with Crippen LogP contribution in [0.5, 0.6) is 17.2 Å². The second-order valence-electron chi connectivity index (χ2n) is 13.5. The maximum atomic E-state index is 17.1. The zero-order chi connectivity index (χ0) is 40.1. The number of carbonyl (C=O) groups is 1. The fourth-order valence-corrected chi connectivity index (χ4v) is 7.46. The van der Waals surface area contributed by atoms with E-state index in [1.165, 1.54) is 10.9 Å². The summed E-state index contributed by atoms with van der Waals surface area (Å²) < 4.78 is 67.4. The van der Waals surface area contributed by atoms with Crippen molar-refractivity contribution in [2.45, 2.75) is 44.1 Å². The highest BCUT2D eigenvalue weighted by Crippen LogP contribution is 2.45. The minimum Gasteiger partial charge on any atom is -0.497 e. The Balaban J connectivity index is 1.28. The van der Waals surface area contributed by atoms with Crippen LogP contribution in [-0.4, -0.2) is 64.6 Å². The highest BCUT2D eigenvalue weighted by molar-refractivity contribution is 7.33. The van der Waals surface area contributed by atoms with E-state index in [2.05, 4.69) is 20.3 Å². The van der Waals surface area contributed by atoms with Crippen LogP contribution >= 0.6 is 8.25 Å². The smallest absolute Gasteiger partial charge is 0.368 e. The quantitative estimate of drug-likeness (QED) is 0.0827. The minimum absolute atomic E-state index is 0.0380. The number of benzene rings is 4. The van der Waals surface area contributed by atoms with Gasteiger partial charge >= 0.3 is 8.25 Å². The van der Waals surface area contributed by atoms with E-state index in [0.29, 0.717) is 22.6 Å². The van der Waals surface area contributed by atoms with Crippen LogP contribution < -0.4 is 24.9 Å². The van der Waals surface area contributed by atoms with Gasteiger partial charge < -0.3 is 23.5 Å². The summed E-state index contributed by atoms with van der Waals surface area (Å²) in [5.74, 6) is 0.552. The van der Waals surface area contributed by atoms with Crippen molar-refractivity contribution in [2.75, 3.05) is 26.1 Å². The van der Waals surface area contributed by atoms with Crippen LogP contribution in [0.4, 0.5) is 10.3 Å². The van der Waals surface area contributed by atoms with Crippen molar-refractivity contribution in [3.63, 3.8) is 0 Å². The van der Waals surface area contributed by atoms with Gasteiger partial charge in [0.25, 0.3) is 5.56 Å². The van der Waals surface area contributed by atoms with Gasteiger partial charge in [-0.25, -0.2) is 13.9 Å². The lowest BCUT2D eigenvalue weighted by atomic mass is 9.80. The first-order valence-corrected chi connectivity index (χ1v) is 19.3. The Labute approximate surface area is 327 Å². The molecule has 1 aliphatic rings. The number of rotatable bonds is 15. The van der Waals surface area contributed by atoms with Crippen molar-refractivity contribution in [3.05, 3.63) is 143 Å². The molecule has 4 aromatic carbocycles. The molecule has 0 bridgehead atoms.